The molecule has 8 nitrogen and oxygen atoms in total. The first-order valence-electron chi connectivity index (χ1n) is 7.10. The molecule has 0 atom stereocenters. The van der Waals surface area contributed by atoms with E-state index in [2.05, 4.69) is 15.5 Å². The number of hydrogen-bond acceptors (Lipinski definition) is 7. The summed E-state index contributed by atoms with van der Waals surface area (Å²) in [5, 5.41) is 20.8. The zero-order valence-electron chi connectivity index (χ0n) is 13.0. The Balaban J connectivity index is 1.71. The largest absolute Gasteiger partial charge is 0.403 e. The first-order chi connectivity index (χ1) is 12.1. The van der Waals surface area contributed by atoms with Crippen molar-refractivity contribution < 1.29 is 14.1 Å². The van der Waals surface area contributed by atoms with Gasteiger partial charge < -0.3 is 4.42 Å². The van der Waals surface area contributed by atoms with E-state index in [9.17, 15) is 14.9 Å². The molecule has 25 heavy (non-hydrogen) atoms. The summed E-state index contributed by atoms with van der Waals surface area (Å²) < 4.78 is 5.43. The average molecular weight is 356 g/mol. The van der Waals surface area contributed by atoms with Crippen LogP contribution in [0.5, 0.6) is 0 Å². The van der Waals surface area contributed by atoms with Gasteiger partial charge in [-0.25, -0.2) is 0 Å². The molecule has 3 rings (SSSR count). The lowest BCUT2D eigenvalue weighted by atomic mass is 10.2. The van der Waals surface area contributed by atoms with Gasteiger partial charge in [-0.2, -0.15) is 0 Å². The number of nitrogens with zero attached hydrogens (tertiary/aromatic N) is 3. The lowest BCUT2D eigenvalue weighted by Gasteiger charge is -2.00. The zero-order valence-corrected chi connectivity index (χ0v) is 13.8. The molecule has 0 saturated heterocycles. The maximum atomic E-state index is 12.1. The van der Waals surface area contributed by atoms with E-state index in [-0.39, 0.29) is 23.2 Å². The van der Waals surface area contributed by atoms with Crippen molar-refractivity contribution in [2.24, 2.45) is 0 Å². The number of amides is 1. The monoisotopic (exact) mass is 356 g/mol. The molecule has 0 aliphatic heterocycles. The van der Waals surface area contributed by atoms with Crippen LogP contribution in [0, 0.1) is 10.1 Å². The van der Waals surface area contributed by atoms with Crippen LogP contribution in [0.3, 0.4) is 0 Å². The molecule has 1 N–H and O–H groups in total. The zero-order chi connectivity index (χ0) is 17.8. The van der Waals surface area contributed by atoms with Gasteiger partial charge in [-0.05, 0) is 42.7 Å². The molecule has 3 aromatic rings. The minimum atomic E-state index is -0.533. The van der Waals surface area contributed by atoms with E-state index in [0.29, 0.717) is 0 Å². The Morgan fingerprint density at radius 2 is 1.80 bits per heavy atom. The van der Waals surface area contributed by atoms with E-state index in [1.54, 1.807) is 11.8 Å². The predicted molar refractivity (Wildman–Crippen MR) is 92.6 cm³/mol. The number of rotatable bonds is 5. The van der Waals surface area contributed by atoms with Crippen LogP contribution in [0.1, 0.15) is 10.4 Å². The number of non-ortho nitro benzene ring substituents is 1. The Morgan fingerprint density at radius 3 is 2.40 bits per heavy atom. The van der Waals surface area contributed by atoms with Crippen LogP contribution < -0.4 is 5.32 Å². The van der Waals surface area contributed by atoms with E-state index < -0.39 is 10.8 Å². The fourth-order valence-electron chi connectivity index (χ4n) is 2.03. The van der Waals surface area contributed by atoms with Crippen molar-refractivity contribution in [1.82, 2.24) is 10.2 Å². The highest BCUT2D eigenvalue weighted by atomic mass is 32.2. The number of carbonyl (C=O) groups is 1. The Labute approximate surface area is 146 Å². The number of hydrogen-bond donors (Lipinski definition) is 1. The van der Waals surface area contributed by atoms with Crippen molar-refractivity contribution >= 4 is 29.4 Å². The Bertz CT molecular complexity index is 907. The molecular formula is C16H12N4O4S. The van der Waals surface area contributed by atoms with Gasteiger partial charge in [0.15, 0.2) is 0 Å². The van der Waals surface area contributed by atoms with Gasteiger partial charge in [0.25, 0.3) is 11.6 Å². The fraction of sp³-hybridized carbons (Fsp3) is 0.0625. The number of nitro groups is 1. The standard InChI is InChI=1S/C16H12N4O4S/c1-25-13-8-4-11(5-9-13)15-18-19-16(24-15)17-14(21)10-2-6-12(7-3-10)20(22)23/h2-9H,1H3,(H,17,19,21). The second kappa shape index (κ2) is 7.14. The molecule has 126 valence electrons. The lowest BCUT2D eigenvalue weighted by Crippen LogP contribution is -2.12. The van der Waals surface area contributed by atoms with Gasteiger partial charge in [-0.1, -0.05) is 5.10 Å². The summed E-state index contributed by atoms with van der Waals surface area (Å²) in [7, 11) is 0. The minimum absolute atomic E-state index is 0.0488. The molecule has 1 heterocycles. The molecule has 0 bridgehead atoms. The maximum absolute atomic E-state index is 12.1. The molecule has 0 unspecified atom stereocenters. The molecule has 1 aromatic heterocycles. The van der Waals surface area contributed by atoms with Gasteiger partial charge in [0.05, 0.1) is 4.92 Å². The normalized spacial score (nSPS) is 10.4. The van der Waals surface area contributed by atoms with Crippen LogP contribution in [-0.2, 0) is 0 Å². The SMILES string of the molecule is CSc1ccc(-c2nnc(NC(=O)c3ccc([N+](=O)[O-])cc3)o2)cc1. The van der Waals surface area contributed by atoms with E-state index in [0.717, 1.165) is 10.5 Å². The summed E-state index contributed by atoms with van der Waals surface area (Å²) >= 11 is 1.62. The quantitative estimate of drug-likeness (QED) is 0.422. The third kappa shape index (κ3) is 3.83. The Hall–Kier alpha value is -3.20. The van der Waals surface area contributed by atoms with Crippen molar-refractivity contribution in [2.45, 2.75) is 4.90 Å². The third-order valence-corrected chi connectivity index (χ3v) is 4.07. The van der Waals surface area contributed by atoms with Crippen LogP contribution in [-0.4, -0.2) is 27.3 Å². The number of anilines is 1. The first-order valence-corrected chi connectivity index (χ1v) is 8.33. The molecule has 0 fully saturated rings. The van der Waals surface area contributed by atoms with Crippen molar-refractivity contribution in [1.29, 1.82) is 0 Å². The van der Waals surface area contributed by atoms with Crippen LogP contribution in [0.25, 0.3) is 11.5 Å². The fourth-order valence-corrected chi connectivity index (χ4v) is 2.44. The van der Waals surface area contributed by atoms with Crippen molar-refractivity contribution in [2.75, 3.05) is 11.6 Å². The average Bonchev–Trinajstić information content (AvgIpc) is 3.10. The number of nitro benzene ring substituents is 1. The van der Waals surface area contributed by atoms with Crippen molar-refractivity contribution in [3.05, 3.63) is 64.2 Å². The predicted octanol–water partition coefficient (Wildman–Crippen LogP) is 3.62. The molecular weight excluding hydrogens is 344 g/mol. The number of carbonyl (C=O) groups excluding carboxylic acids is 1. The van der Waals surface area contributed by atoms with Crippen LogP contribution in [0.4, 0.5) is 11.7 Å². The highest BCUT2D eigenvalue weighted by molar-refractivity contribution is 7.98. The van der Waals surface area contributed by atoms with Crippen LogP contribution in [0.15, 0.2) is 57.8 Å². The lowest BCUT2D eigenvalue weighted by molar-refractivity contribution is -0.384. The van der Waals surface area contributed by atoms with Gasteiger partial charge in [0, 0.05) is 28.2 Å². The summed E-state index contributed by atoms with van der Waals surface area (Å²) in [5.74, 6) is -0.213. The number of nitrogens with one attached hydrogen (secondary N) is 1. The number of benzene rings is 2. The Kier molecular flexibility index (Phi) is 4.75. The van der Waals surface area contributed by atoms with Gasteiger partial charge in [-0.15, -0.1) is 16.9 Å². The van der Waals surface area contributed by atoms with E-state index in [4.69, 9.17) is 4.42 Å². The topological polar surface area (TPSA) is 111 Å². The Morgan fingerprint density at radius 1 is 1.12 bits per heavy atom. The highest BCUT2D eigenvalue weighted by Crippen LogP contribution is 2.23. The van der Waals surface area contributed by atoms with Gasteiger partial charge in [-0.3, -0.25) is 20.2 Å². The molecule has 0 saturated carbocycles. The minimum Gasteiger partial charge on any atom is -0.403 e. The molecule has 0 spiro atoms. The summed E-state index contributed by atoms with van der Waals surface area (Å²) in [6.45, 7) is 0. The highest BCUT2D eigenvalue weighted by Gasteiger charge is 2.14. The number of aromatic nitrogens is 2. The summed E-state index contributed by atoms with van der Waals surface area (Å²) in [6, 6.07) is 12.7. The van der Waals surface area contributed by atoms with E-state index in [1.165, 1.54) is 24.3 Å². The van der Waals surface area contributed by atoms with E-state index in [1.807, 2.05) is 30.5 Å². The molecule has 0 radical (unpaired) electrons. The second-order valence-electron chi connectivity index (χ2n) is 4.90. The molecule has 0 aliphatic rings. The maximum Gasteiger partial charge on any atom is 0.322 e. The summed E-state index contributed by atoms with van der Waals surface area (Å²) in [4.78, 5) is 23.3. The molecule has 0 aliphatic carbocycles. The van der Waals surface area contributed by atoms with Gasteiger partial charge in [0.1, 0.15) is 0 Å². The first kappa shape index (κ1) is 16.7. The number of thioether (sulfide) groups is 1. The van der Waals surface area contributed by atoms with Crippen LogP contribution >= 0.6 is 11.8 Å². The van der Waals surface area contributed by atoms with E-state index >= 15 is 0 Å². The smallest absolute Gasteiger partial charge is 0.322 e. The molecule has 2 aromatic carbocycles. The second-order valence-corrected chi connectivity index (χ2v) is 5.78. The van der Waals surface area contributed by atoms with Crippen molar-refractivity contribution in [3.8, 4) is 11.5 Å². The molecule has 1 amide bonds. The third-order valence-electron chi connectivity index (χ3n) is 3.32. The summed E-state index contributed by atoms with van der Waals surface area (Å²) in [6.07, 6.45) is 1.98. The van der Waals surface area contributed by atoms with Gasteiger partial charge in [0.2, 0.25) is 5.89 Å². The van der Waals surface area contributed by atoms with Gasteiger partial charge >= 0.3 is 6.01 Å². The van der Waals surface area contributed by atoms with Crippen molar-refractivity contribution in [3.63, 3.8) is 0 Å². The van der Waals surface area contributed by atoms with Crippen LogP contribution in [0.2, 0.25) is 0 Å². The molecule has 9 heteroatoms. The summed E-state index contributed by atoms with van der Waals surface area (Å²) in [5.41, 5.74) is 0.890.